The average Bonchev–Trinajstić information content (AvgIpc) is 2.55. The first-order valence-electron chi connectivity index (χ1n) is 7.38. The lowest BCUT2D eigenvalue weighted by molar-refractivity contribution is 0.0845. The zero-order valence-corrected chi connectivity index (χ0v) is 13.9. The number of halogens is 1. The van der Waals surface area contributed by atoms with Crippen LogP contribution >= 0.6 is 11.8 Å². The molecule has 2 N–H and O–H groups in total. The van der Waals surface area contributed by atoms with Gasteiger partial charge < -0.3 is 10.4 Å². The highest BCUT2D eigenvalue weighted by atomic mass is 32.2. The Bertz CT molecular complexity index is 663. The normalized spacial score (nSPS) is 13.4. The lowest BCUT2D eigenvalue weighted by Crippen LogP contribution is -2.42. The highest BCUT2D eigenvalue weighted by Gasteiger charge is 2.21. The van der Waals surface area contributed by atoms with Crippen molar-refractivity contribution < 1.29 is 14.3 Å². The molecule has 0 fully saturated rings. The minimum atomic E-state index is -0.745. The Kier molecular flexibility index (Phi) is 6.19. The Morgan fingerprint density at radius 3 is 2.57 bits per heavy atom. The second-order valence-electron chi connectivity index (χ2n) is 5.34. The summed E-state index contributed by atoms with van der Waals surface area (Å²) in [6, 6.07) is 13.6. The zero-order valence-electron chi connectivity index (χ0n) is 13.1. The van der Waals surface area contributed by atoms with Crippen LogP contribution in [0.3, 0.4) is 0 Å². The molecule has 122 valence electrons. The van der Waals surface area contributed by atoms with E-state index in [2.05, 4.69) is 5.32 Å². The molecule has 2 aromatic rings. The third-order valence-corrected chi connectivity index (χ3v) is 4.43. The molecule has 0 aliphatic heterocycles. The molecule has 1 amide bonds. The van der Waals surface area contributed by atoms with Crippen molar-refractivity contribution in [3.8, 4) is 0 Å². The highest BCUT2D eigenvalue weighted by molar-refractivity contribution is 7.98. The largest absolute Gasteiger partial charge is 0.391 e. The standard InChI is InChI=1S/C18H20FNO2S/c1-12(15(21)11-13-7-4-3-5-8-13)20-18(22)17-14(19)9-6-10-16(17)23-2/h3-10,12,15,21H,11H2,1-2H3,(H,20,22)/t12-,15+/m1/s1. The van der Waals surface area contributed by atoms with Crippen LogP contribution in [0, 0.1) is 5.82 Å². The van der Waals surface area contributed by atoms with E-state index in [4.69, 9.17) is 0 Å². The number of hydrogen-bond donors (Lipinski definition) is 2. The predicted molar refractivity (Wildman–Crippen MR) is 91.3 cm³/mol. The van der Waals surface area contributed by atoms with Crippen molar-refractivity contribution in [3.05, 3.63) is 65.5 Å². The van der Waals surface area contributed by atoms with Gasteiger partial charge in [0.15, 0.2) is 0 Å². The number of aliphatic hydroxyl groups excluding tert-OH is 1. The van der Waals surface area contributed by atoms with E-state index in [9.17, 15) is 14.3 Å². The number of benzene rings is 2. The fourth-order valence-corrected chi connectivity index (χ4v) is 2.91. The number of aliphatic hydroxyl groups is 1. The molecule has 5 heteroatoms. The van der Waals surface area contributed by atoms with E-state index in [0.717, 1.165) is 5.56 Å². The average molecular weight is 333 g/mol. The van der Waals surface area contributed by atoms with Gasteiger partial charge in [0.05, 0.1) is 17.7 Å². The maximum Gasteiger partial charge on any atom is 0.255 e. The van der Waals surface area contributed by atoms with Gasteiger partial charge >= 0.3 is 0 Å². The van der Waals surface area contributed by atoms with Crippen molar-refractivity contribution in [2.75, 3.05) is 6.26 Å². The number of hydrogen-bond acceptors (Lipinski definition) is 3. The second-order valence-corrected chi connectivity index (χ2v) is 6.18. The minimum absolute atomic E-state index is 0.0266. The van der Waals surface area contributed by atoms with Gasteiger partial charge in [-0.05, 0) is 30.9 Å². The first-order chi connectivity index (χ1) is 11.0. The number of thioether (sulfide) groups is 1. The summed E-state index contributed by atoms with van der Waals surface area (Å²) in [4.78, 5) is 12.9. The molecule has 2 rings (SSSR count). The summed E-state index contributed by atoms with van der Waals surface area (Å²) in [6.45, 7) is 1.71. The van der Waals surface area contributed by atoms with E-state index in [1.54, 1.807) is 25.3 Å². The summed E-state index contributed by atoms with van der Waals surface area (Å²) in [5.41, 5.74) is 1.01. The minimum Gasteiger partial charge on any atom is -0.391 e. The molecule has 0 unspecified atom stereocenters. The van der Waals surface area contributed by atoms with Gasteiger partial charge in [-0.3, -0.25) is 4.79 Å². The summed E-state index contributed by atoms with van der Waals surface area (Å²) < 4.78 is 13.9. The zero-order chi connectivity index (χ0) is 16.8. The van der Waals surface area contributed by atoms with Crippen LogP contribution < -0.4 is 5.32 Å². The van der Waals surface area contributed by atoms with Crippen LogP contribution in [0.2, 0.25) is 0 Å². The number of amides is 1. The van der Waals surface area contributed by atoms with Gasteiger partial charge in [0.1, 0.15) is 5.82 Å². The molecule has 0 saturated heterocycles. The third kappa shape index (κ3) is 4.56. The molecule has 0 saturated carbocycles. The van der Waals surface area contributed by atoms with Crippen molar-refractivity contribution in [2.24, 2.45) is 0 Å². The van der Waals surface area contributed by atoms with Gasteiger partial charge in [-0.2, -0.15) is 0 Å². The maximum atomic E-state index is 13.9. The van der Waals surface area contributed by atoms with E-state index in [1.165, 1.54) is 17.8 Å². The van der Waals surface area contributed by atoms with Crippen LogP contribution in [0.1, 0.15) is 22.8 Å². The van der Waals surface area contributed by atoms with Crippen LogP contribution in [0.15, 0.2) is 53.4 Å². The molecule has 0 aromatic heterocycles. The first-order valence-corrected chi connectivity index (χ1v) is 8.60. The lowest BCUT2D eigenvalue weighted by Gasteiger charge is -2.21. The second kappa shape index (κ2) is 8.13. The summed E-state index contributed by atoms with van der Waals surface area (Å²) >= 11 is 1.31. The van der Waals surface area contributed by atoms with Crippen molar-refractivity contribution in [1.82, 2.24) is 5.32 Å². The van der Waals surface area contributed by atoms with Crippen molar-refractivity contribution in [2.45, 2.75) is 30.4 Å². The molecule has 0 spiro atoms. The van der Waals surface area contributed by atoms with E-state index in [0.29, 0.717) is 11.3 Å². The van der Waals surface area contributed by atoms with Gasteiger partial charge in [-0.15, -0.1) is 11.8 Å². The van der Waals surface area contributed by atoms with Crippen molar-refractivity contribution in [3.63, 3.8) is 0 Å². The van der Waals surface area contributed by atoms with Gasteiger partial charge in [0, 0.05) is 11.3 Å². The SMILES string of the molecule is CSc1cccc(F)c1C(=O)N[C@H](C)[C@@H](O)Cc1ccccc1. The molecule has 2 atom stereocenters. The molecule has 2 aromatic carbocycles. The first kappa shape index (κ1) is 17.5. The van der Waals surface area contributed by atoms with Crippen LogP contribution in [0.4, 0.5) is 4.39 Å². The molecule has 0 aliphatic carbocycles. The van der Waals surface area contributed by atoms with Crippen molar-refractivity contribution >= 4 is 17.7 Å². The molecule has 0 bridgehead atoms. The number of carbonyl (C=O) groups is 1. The Balaban J connectivity index is 2.05. The van der Waals surface area contributed by atoms with Gasteiger partial charge in [-0.25, -0.2) is 4.39 Å². The Hall–Kier alpha value is -1.85. The van der Waals surface area contributed by atoms with Crippen LogP contribution in [0.5, 0.6) is 0 Å². The van der Waals surface area contributed by atoms with E-state index in [1.807, 2.05) is 30.3 Å². The molecular weight excluding hydrogens is 313 g/mol. The fourth-order valence-electron chi connectivity index (χ4n) is 2.30. The van der Waals surface area contributed by atoms with Crippen molar-refractivity contribution in [1.29, 1.82) is 0 Å². The summed E-state index contributed by atoms with van der Waals surface area (Å²) in [7, 11) is 0. The monoisotopic (exact) mass is 333 g/mol. The molecule has 23 heavy (non-hydrogen) atoms. The van der Waals surface area contributed by atoms with E-state index >= 15 is 0 Å². The molecule has 0 aliphatic rings. The van der Waals surface area contributed by atoms with Gasteiger partial charge in [-0.1, -0.05) is 36.4 Å². The van der Waals surface area contributed by atoms with Gasteiger partial charge in [0.2, 0.25) is 0 Å². The maximum absolute atomic E-state index is 13.9. The Morgan fingerprint density at radius 2 is 1.91 bits per heavy atom. The topological polar surface area (TPSA) is 49.3 Å². The van der Waals surface area contributed by atoms with Gasteiger partial charge in [0.25, 0.3) is 5.91 Å². The molecule has 0 heterocycles. The Morgan fingerprint density at radius 1 is 1.22 bits per heavy atom. The smallest absolute Gasteiger partial charge is 0.255 e. The summed E-state index contributed by atoms with van der Waals surface area (Å²) in [5.74, 6) is -1.06. The third-order valence-electron chi connectivity index (χ3n) is 3.65. The number of carbonyl (C=O) groups excluding carboxylic acids is 1. The van der Waals surface area contributed by atoms with E-state index < -0.39 is 23.9 Å². The fraction of sp³-hybridized carbons (Fsp3) is 0.278. The molecular formula is C18H20FNO2S. The summed E-state index contributed by atoms with van der Waals surface area (Å²) in [5, 5.41) is 12.9. The molecule has 0 radical (unpaired) electrons. The predicted octanol–water partition coefficient (Wildman–Crippen LogP) is 3.27. The molecule has 3 nitrogen and oxygen atoms in total. The van der Waals surface area contributed by atoms with E-state index in [-0.39, 0.29) is 5.56 Å². The number of rotatable bonds is 6. The highest BCUT2D eigenvalue weighted by Crippen LogP contribution is 2.23. The van der Waals surface area contributed by atoms with Crippen LogP contribution in [-0.2, 0) is 6.42 Å². The number of nitrogens with one attached hydrogen (secondary N) is 1. The lowest BCUT2D eigenvalue weighted by atomic mass is 10.0. The van der Waals surface area contributed by atoms with Crippen LogP contribution in [-0.4, -0.2) is 29.4 Å². The quantitative estimate of drug-likeness (QED) is 0.798. The summed E-state index contributed by atoms with van der Waals surface area (Å²) in [6.07, 6.45) is 1.47. The van der Waals surface area contributed by atoms with Crippen LogP contribution in [0.25, 0.3) is 0 Å². The Labute approximate surface area is 139 Å².